The quantitative estimate of drug-likeness (QED) is 0.176. The number of hydrogen-bond acceptors (Lipinski definition) is 1. The molecule has 1 heteroatoms. The van der Waals surface area contributed by atoms with Gasteiger partial charge in [0.15, 0.2) is 0 Å². The second-order valence-corrected chi connectivity index (χ2v) is 15.1. The van der Waals surface area contributed by atoms with Crippen molar-refractivity contribution in [2.24, 2.45) is 0 Å². The molecule has 0 amide bonds. The molecule has 0 bridgehead atoms. The zero-order chi connectivity index (χ0) is 34.2. The van der Waals surface area contributed by atoms with Crippen LogP contribution in [0, 0.1) is 0 Å². The van der Waals surface area contributed by atoms with Gasteiger partial charge in [-0.1, -0.05) is 175 Å². The first-order valence-corrected chi connectivity index (χ1v) is 17.4. The Hall–Kier alpha value is -5.40. The molecule has 0 saturated heterocycles. The van der Waals surface area contributed by atoms with Crippen LogP contribution in [0.25, 0.3) is 44.2 Å². The molecular weight excluding hydrogens is 591 g/mol. The van der Waals surface area contributed by atoms with Crippen molar-refractivity contribution < 1.29 is 0 Å². The van der Waals surface area contributed by atoms with E-state index in [9.17, 15) is 0 Å². The molecule has 242 valence electrons. The minimum absolute atomic E-state index is 0.0420. The maximum atomic E-state index is 2.40. The molecular formula is C48H45N. The predicted molar refractivity (Wildman–Crippen MR) is 212 cm³/mol. The van der Waals surface area contributed by atoms with Crippen LogP contribution in [0.15, 0.2) is 164 Å². The Labute approximate surface area is 292 Å². The molecule has 0 fully saturated rings. The Morgan fingerprint density at radius 2 is 0.755 bits per heavy atom. The minimum Gasteiger partial charge on any atom is -0.310 e. The molecule has 0 N–H and O–H groups in total. The maximum absolute atomic E-state index is 2.40. The molecule has 0 aromatic heterocycles. The first-order chi connectivity index (χ1) is 23.6. The normalized spacial score (nSPS) is 11.9. The first kappa shape index (κ1) is 32.2. The van der Waals surface area contributed by atoms with Crippen LogP contribution in [0.1, 0.15) is 52.7 Å². The monoisotopic (exact) mass is 635 g/mol. The lowest BCUT2D eigenvalue weighted by Gasteiger charge is -2.29. The van der Waals surface area contributed by atoms with Crippen molar-refractivity contribution in [2.45, 2.75) is 52.4 Å². The second-order valence-electron chi connectivity index (χ2n) is 15.1. The molecule has 49 heavy (non-hydrogen) atoms. The molecule has 0 spiro atoms. The zero-order valence-electron chi connectivity index (χ0n) is 29.5. The molecule has 0 saturated carbocycles. The SMILES string of the molecule is CC(C)(C)c1cc(-c2ccc(N(c3ccc(-c4ccccc4)cc3)c3ccc(-c4ccccc4)cc3)c3ccccc23)cc(C(C)(C)C)c1. The van der Waals surface area contributed by atoms with Crippen molar-refractivity contribution in [3.8, 4) is 33.4 Å². The van der Waals surface area contributed by atoms with Crippen LogP contribution < -0.4 is 4.90 Å². The van der Waals surface area contributed by atoms with Gasteiger partial charge in [0.25, 0.3) is 0 Å². The van der Waals surface area contributed by atoms with Gasteiger partial charge in [-0.2, -0.15) is 0 Å². The highest BCUT2D eigenvalue weighted by Gasteiger charge is 2.23. The maximum Gasteiger partial charge on any atom is 0.0540 e. The number of anilines is 3. The summed E-state index contributed by atoms with van der Waals surface area (Å²) in [6.07, 6.45) is 0. The molecule has 0 heterocycles. The van der Waals surface area contributed by atoms with Crippen LogP contribution in [0.4, 0.5) is 17.1 Å². The Morgan fingerprint density at radius 1 is 0.347 bits per heavy atom. The van der Waals surface area contributed by atoms with Gasteiger partial charge in [-0.15, -0.1) is 0 Å². The fourth-order valence-corrected chi connectivity index (χ4v) is 6.67. The van der Waals surface area contributed by atoms with Crippen LogP contribution in [-0.2, 0) is 10.8 Å². The van der Waals surface area contributed by atoms with Gasteiger partial charge in [-0.25, -0.2) is 0 Å². The summed E-state index contributed by atoms with van der Waals surface area (Å²) in [6.45, 7) is 13.9. The summed E-state index contributed by atoms with van der Waals surface area (Å²) in [4.78, 5) is 2.40. The average molecular weight is 636 g/mol. The lowest BCUT2D eigenvalue weighted by atomic mass is 9.78. The minimum atomic E-state index is 0.0420. The van der Waals surface area contributed by atoms with E-state index in [4.69, 9.17) is 0 Å². The smallest absolute Gasteiger partial charge is 0.0540 e. The lowest BCUT2D eigenvalue weighted by Crippen LogP contribution is -2.16. The van der Waals surface area contributed by atoms with Crippen molar-refractivity contribution in [2.75, 3.05) is 4.90 Å². The summed E-state index contributed by atoms with van der Waals surface area (Å²) in [5, 5.41) is 2.47. The van der Waals surface area contributed by atoms with Gasteiger partial charge < -0.3 is 4.90 Å². The van der Waals surface area contributed by atoms with E-state index in [1.54, 1.807) is 0 Å². The summed E-state index contributed by atoms with van der Waals surface area (Å²) < 4.78 is 0. The summed E-state index contributed by atoms with van der Waals surface area (Å²) in [5.74, 6) is 0. The standard InChI is InChI=1S/C48H45N/c1-47(2,3)39-31-38(32-40(33-39)48(4,5)6)43-29-30-46(45-20-14-13-19-44(43)45)49(41-25-21-36(22-26-41)34-15-9-7-10-16-34)42-27-23-37(24-28-42)35-17-11-8-12-18-35/h7-33H,1-6H3. The molecule has 0 atom stereocenters. The topological polar surface area (TPSA) is 3.24 Å². The van der Waals surface area contributed by atoms with E-state index >= 15 is 0 Å². The first-order valence-electron chi connectivity index (χ1n) is 17.4. The van der Waals surface area contributed by atoms with E-state index in [1.165, 1.54) is 55.3 Å². The van der Waals surface area contributed by atoms with Gasteiger partial charge in [0.05, 0.1) is 5.69 Å². The van der Waals surface area contributed by atoms with Gasteiger partial charge in [0.2, 0.25) is 0 Å². The van der Waals surface area contributed by atoms with E-state index in [0.717, 1.165) is 17.1 Å². The van der Waals surface area contributed by atoms with Crippen LogP contribution in [0.3, 0.4) is 0 Å². The number of nitrogens with zero attached hydrogens (tertiary/aromatic N) is 1. The van der Waals surface area contributed by atoms with Gasteiger partial charge in [0.1, 0.15) is 0 Å². The van der Waals surface area contributed by atoms with E-state index in [1.807, 2.05) is 0 Å². The van der Waals surface area contributed by atoms with Crippen LogP contribution in [-0.4, -0.2) is 0 Å². The third-order valence-electron chi connectivity index (χ3n) is 9.58. The van der Waals surface area contributed by atoms with Gasteiger partial charge in [-0.3, -0.25) is 0 Å². The van der Waals surface area contributed by atoms with Gasteiger partial charge in [0, 0.05) is 16.8 Å². The van der Waals surface area contributed by atoms with E-state index in [2.05, 4.69) is 210 Å². The molecule has 7 aromatic carbocycles. The largest absolute Gasteiger partial charge is 0.310 e. The van der Waals surface area contributed by atoms with Crippen molar-refractivity contribution in [1.82, 2.24) is 0 Å². The summed E-state index contributed by atoms with van der Waals surface area (Å²) in [5.41, 5.74) is 13.6. The fourth-order valence-electron chi connectivity index (χ4n) is 6.67. The van der Waals surface area contributed by atoms with Crippen LogP contribution in [0.2, 0.25) is 0 Å². The molecule has 0 aliphatic rings. The molecule has 0 radical (unpaired) electrons. The molecule has 1 nitrogen and oxygen atoms in total. The Balaban J connectivity index is 1.40. The molecule has 0 aliphatic heterocycles. The Bertz CT molecular complexity index is 2080. The van der Waals surface area contributed by atoms with Crippen molar-refractivity contribution in [3.63, 3.8) is 0 Å². The zero-order valence-corrected chi connectivity index (χ0v) is 29.5. The molecule has 0 unspecified atom stereocenters. The average Bonchev–Trinajstić information content (AvgIpc) is 3.12. The van der Waals surface area contributed by atoms with Crippen LogP contribution >= 0.6 is 0 Å². The number of hydrogen-bond donors (Lipinski definition) is 0. The Kier molecular flexibility index (Phi) is 8.47. The predicted octanol–water partition coefficient (Wildman–Crippen LogP) is 13.9. The van der Waals surface area contributed by atoms with Crippen LogP contribution in [0.5, 0.6) is 0 Å². The summed E-state index contributed by atoms with van der Waals surface area (Å²) >= 11 is 0. The summed E-state index contributed by atoms with van der Waals surface area (Å²) in [7, 11) is 0. The molecule has 7 aromatic rings. The summed E-state index contributed by atoms with van der Waals surface area (Å²) in [6, 6.07) is 59.9. The lowest BCUT2D eigenvalue weighted by molar-refractivity contribution is 0.569. The van der Waals surface area contributed by atoms with E-state index in [-0.39, 0.29) is 10.8 Å². The van der Waals surface area contributed by atoms with Crippen molar-refractivity contribution in [3.05, 3.63) is 175 Å². The number of fused-ring (bicyclic) bond motifs is 1. The Morgan fingerprint density at radius 3 is 1.20 bits per heavy atom. The van der Waals surface area contributed by atoms with Gasteiger partial charge in [-0.05, 0) is 91.1 Å². The number of benzene rings is 7. The van der Waals surface area contributed by atoms with Crippen molar-refractivity contribution >= 4 is 27.8 Å². The van der Waals surface area contributed by atoms with E-state index in [0.29, 0.717) is 0 Å². The highest BCUT2D eigenvalue weighted by Crippen LogP contribution is 2.44. The second kappa shape index (κ2) is 12.9. The third-order valence-corrected chi connectivity index (χ3v) is 9.58. The molecule has 7 rings (SSSR count). The number of rotatable bonds is 6. The van der Waals surface area contributed by atoms with Gasteiger partial charge >= 0.3 is 0 Å². The fraction of sp³-hybridized carbons (Fsp3) is 0.167. The van der Waals surface area contributed by atoms with Crippen molar-refractivity contribution in [1.29, 1.82) is 0 Å². The third kappa shape index (κ3) is 6.67. The van der Waals surface area contributed by atoms with E-state index < -0.39 is 0 Å². The highest BCUT2D eigenvalue weighted by atomic mass is 15.1. The molecule has 0 aliphatic carbocycles. The highest BCUT2D eigenvalue weighted by molar-refractivity contribution is 6.06.